The third-order valence-electron chi connectivity index (χ3n) is 3.90. The van der Waals surface area contributed by atoms with Gasteiger partial charge in [0.15, 0.2) is 0 Å². The summed E-state index contributed by atoms with van der Waals surface area (Å²) in [5.41, 5.74) is 2.04. The molecule has 2 aromatic rings. The van der Waals surface area contributed by atoms with E-state index in [0.717, 1.165) is 10.5 Å². The van der Waals surface area contributed by atoms with Crippen molar-refractivity contribution in [1.29, 1.82) is 0 Å². The predicted molar refractivity (Wildman–Crippen MR) is 105 cm³/mol. The number of hydrogen-bond acceptors (Lipinski definition) is 3. The van der Waals surface area contributed by atoms with Gasteiger partial charge >= 0.3 is 0 Å². The van der Waals surface area contributed by atoms with Crippen LogP contribution in [0.2, 0.25) is 15.1 Å². The molecule has 3 rings (SSSR count). The van der Waals surface area contributed by atoms with Gasteiger partial charge in [0.2, 0.25) is 0 Å². The molecule has 1 aliphatic heterocycles. The second kappa shape index (κ2) is 7.49. The number of imide groups is 1. The second-order valence-corrected chi connectivity index (χ2v) is 7.34. The van der Waals surface area contributed by atoms with E-state index in [1.165, 1.54) is 0 Å². The highest BCUT2D eigenvalue weighted by molar-refractivity contribution is 6.48. The summed E-state index contributed by atoms with van der Waals surface area (Å²) in [4.78, 5) is 26.1. The molecule has 26 heavy (non-hydrogen) atoms. The van der Waals surface area contributed by atoms with Crippen LogP contribution in [0.15, 0.2) is 47.1 Å². The maximum absolute atomic E-state index is 12.7. The number of amides is 2. The van der Waals surface area contributed by atoms with Crippen molar-refractivity contribution in [2.45, 2.75) is 13.5 Å². The monoisotopic (exact) mass is 428 g/mol. The van der Waals surface area contributed by atoms with E-state index in [-0.39, 0.29) is 17.3 Å². The summed E-state index contributed by atoms with van der Waals surface area (Å²) in [7, 11) is 0. The van der Waals surface area contributed by atoms with Crippen LogP contribution in [0.25, 0.3) is 0 Å². The van der Waals surface area contributed by atoms with Crippen molar-refractivity contribution in [3.05, 3.63) is 73.3 Å². The van der Waals surface area contributed by atoms with Crippen molar-refractivity contribution < 1.29 is 9.59 Å². The van der Waals surface area contributed by atoms with Crippen LogP contribution in [0.3, 0.4) is 0 Å². The van der Waals surface area contributed by atoms with Gasteiger partial charge < -0.3 is 5.32 Å². The summed E-state index contributed by atoms with van der Waals surface area (Å²) in [6.07, 6.45) is 0. The lowest BCUT2D eigenvalue weighted by atomic mass is 10.2. The van der Waals surface area contributed by atoms with Gasteiger partial charge in [-0.3, -0.25) is 14.5 Å². The van der Waals surface area contributed by atoms with Crippen molar-refractivity contribution in [2.24, 2.45) is 0 Å². The molecule has 2 aromatic carbocycles. The molecule has 1 aliphatic rings. The molecule has 0 radical (unpaired) electrons. The lowest BCUT2D eigenvalue weighted by Gasteiger charge is -2.16. The largest absolute Gasteiger partial charge is 0.350 e. The van der Waals surface area contributed by atoms with Gasteiger partial charge in [0.05, 0.1) is 6.54 Å². The molecule has 4 nitrogen and oxygen atoms in total. The van der Waals surface area contributed by atoms with Gasteiger partial charge in [-0.2, -0.15) is 0 Å². The molecule has 1 heterocycles. The number of hydrogen-bond donors (Lipinski definition) is 1. The SMILES string of the molecule is Cc1ccc(NC2=C(Cl)C(=O)N(Cc3ccc(Cl)cc3Cl)C2=O)cc1Cl. The lowest BCUT2D eigenvalue weighted by Crippen LogP contribution is -2.32. The third-order valence-corrected chi connectivity index (χ3v) is 5.24. The van der Waals surface area contributed by atoms with Gasteiger partial charge in [-0.15, -0.1) is 0 Å². The molecule has 0 atom stereocenters. The van der Waals surface area contributed by atoms with E-state index in [1.54, 1.807) is 36.4 Å². The molecule has 1 N–H and O–H groups in total. The van der Waals surface area contributed by atoms with Crippen LogP contribution >= 0.6 is 46.4 Å². The molecule has 0 aromatic heterocycles. The lowest BCUT2D eigenvalue weighted by molar-refractivity contribution is -0.138. The average Bonchev–Trinajstić information content (AvgIpc) is 2.78. The molecule has 8 heteroatoms. The maximum Gasteiger partial charge on any atom is 0.279 e. The fourth-order valence-electron chi connectivity index (χ4n) is 2.43. The van der Waals surface area contributed by atoms with Gasteiger partial charge in [-0.1, -0.05) is 58.5 Å². The first-order chi connectivity index (χ1) is 12.3. The van der Waals surface area contributed by atoms with E-state index >= 15 is 0 Å². The average molecular weight is 430 g/mol. The van der Waals surface area contributed by atoms with Gasteiger partial charge in [0.1, 0.15) is 10.7 Å². The van der Waals surface area contributed by atoms with E-state index in [9.17, 15) is 9.59 Å². The number of nitrogens with one attached hydrogen (secondary N) is 1. The fraction of sp³-hybridized carbons (Fsp3) is 0.111. The van der Waals surface area contributed by atoms with E-state index in [0.29, 0.717) is 26.3 Å². The van der Waals surface area contributed by atoms with Crippen LogP contribution in [0.4, 0.5) is 5.69 Å². The van der Waals surface area contributed by atoms with E-state index in [1.807, 2.05) is 6.92 Å². The van der Waals surface area contributed by atoms with Crippen molar-refractivity contribution in [3.63, 3.8) is 0 Å². The zero-order chi connectivity index (χ0) is 19.0. The van der Waals surface area contributed by atoms with Crippen LogP contribution < -0.4 is 5.32 Å². The summed E-state index contributed by atoms with van der Waals surface area (Å²) in [5.74, 6) is -1.13. The Labute approximate surface area is 170 Å². The normalized spacial score (nSPS) is 14.4. The van der Waals surface area contributed by atoms with Gasteiger partial charge in [-0.25, -0.2) is 0 Å². The van der Waals surface area contributed by atoms with Gasteiger partial charge in [0, 0.05) is 20.8 Å². The molecular formula is C18H12Cl4N2O2. The number of aryl methyl sites for hydroxylation is 1. The maximum atomic E-state index is 12.7. The molecule has 0 saturated carbocycles. The Balaban J connectivity index is 1.83. The quantitative estimate of drug-likeness (QED) is 0.663. The van der Waals surface area contributed by atoms with Crippen LogP contribution in [-0.2, 0) is 16.1 Å². The topological polar surface area (TPSA) is 49.4 Å². The minimum absolute atomic E-state index is 0.00155. The van der Waals surface area contributed by atoms with Crippen molar-refractivity contribution >= 4 is 63.9 Å². The minimum Gasteiger partial charge on any atom is -0.350 e. The summed E-state index contributed by atoms with van der Waals surface area (Å²) in [6.45, 7) is 1.85. The Hall–Kier alpha value is -1.72. The van der Waals surface area contributed by atoms with E-state index in [4.69, 9.17) is 46.4 Å². The summed E-state index contributed by atoms with van der Waals surface area (Å²) >= 11 is 24.2. The zero-order valence-electron chi connectivity index (χ0n) is 13.4. The van der Waals surface area contributed by atoms with Crippen LogP contribution in [-0.4, -0.2) is 16.7 Å². The molecule has 0 bridgehead atoms. The second-order valence-electron chi connectivity index (χ2n) is 5.71. The highest BCUT2D eigenvalue weighted by atomic mass is 35.5. The number of nitrogens with zero attached hydrogens (tertiary/aromatic N) is 1. The molecule has 0 unspecified atom stereocenters. The number of halogens is 4. The molecule has 0 fully saturated rings. The molecule has 134 valence electrons. The molecular weight excluding hydrogens is 418 g/mol. The van der Waals surface area contributed by atoms with E-state index < -0.39 is 11.8 Å². The minimum atomic E-state index is -0.594. The standard InChI is InChI=1S/C18H12Cl4N2O2/c1-9-2-5-12(7-13(9)20)23-16-15(22)17(25)24(18(16)26)8-10-3-4-11(19)6-14(10)21/h2-7,23H,8H2,1H3. The number of anilines is 1. The summed E-state index contributed by atoms with van der Waals surface area (Å²) < 4.78 is 0. The Morgan fingerprint density at radius 1 is 0.923 bits per heavy atom. The fourth-order valence-corrected chi connectivity index (χ4v) is 3.31. The van der Waals surface area contributed by atoms with Crippen LogP contribution in [0.1, 0.15) is 11.1 Å². The zero-order valence-corrected chi connectivity index (χ0v) is 16.5. The predicted octanol–water partition coefficient (Wildman–Crippen LogP) is 5.39. The van der Waals surface area contributed by atoms with Crippen molar-refractivity contribution in [3.8, 4) is 0 Å². The number of benzene rings is 2. The highest BCUT2D eigenvalue weighted by Crippen LogP contribution is 2.30. The third kappa shape index (κ3) is 3.69. The Kier molecular flexibility index (Phi) is 5.49. The summed E-state index contributed by atoms with van der Waals surface area (Å²) in [6, 6.07) is 10.0. The van der Waals surface area contributed by atoms with Crippen molar-refractivity contribution in [1.82, 2.24) is 4.90 Å². The smallest absolute Gasteiger partial charge is 0.279 e. The van der Waals surface area contributed by atoms with Crippen molar-refractivity contribution in [2.75, 3.05) is 5.32 Å². The highest BCUT2D eigenvalue weighted by Gasteiger charge is 2.38. The first kappa shape index (κ1) is 19.1. The Morgan fingerprint density at radius 2 is 1.65 bits per heavy atom. The Morgan fingerprint density at radius 3 is 2.31 bits per heavy atom. The molecule has 0 aliphatic carbocycles. The number of carbonyl (C=O) groups excluding carboxylic acids is 2. The van der Waals surface area contributed by atoms with Gasteiger partial charge in [-0.05, 0) is 42.3 Å². The van der Waals surface area contributed by atoms with Gasteiger partial charge in [0.25, 0.3) is 11.8 Å². The summed E-state index contributed by atoms with van der Waals surface area (Å²) in [5, 5.41) is 4.05. The first-order valence-electron chi connectivity index (χ1n) is 7.51. The first-order valence-corrected chi connectivity index (χ1v) is 9.02. The number of carbonyl (C=O) groups is 2. The molecule has 0 spiro atoms. The van der Waals surface area contributed by atoms with Crippen LogP contribution in [0, 0.1) is 6.92 Å². The number of rotatable bonds is 4. The Bertz CT molecular complexity index is 956. The molecule has 0 saturated heterocycles. The molecule has 2 amide bonds. The van der Waals surface area contributed by atoms with E-state index in [2.05, 4.69) is 5.32 Å². The van der Waals surface area contributed by atoms with Crippen LogP contribution in [0.5, 0.6) is 0 Å².